The van der Waals surface area contributed by atoms with E-state index in [1.54, 1.807) is 12.1 Å². The maximum atomic E-state index is 11.2. The number of hydrogen-bond acceptors (Lipinski definition) is 4. The number of methoxy groups -OCH3 is 1. The van der Waals surface area contributed by atoms with Gasteiger partial charge in [-0.1, -0.05) is 6.07 Å². The minimum absolute atomic E-state index is 0.0763. The number of ether oxygens (including phenoxy) is 1. The number of nitrogens with zero attached hydrogens (tertiary/aromatic N) is 1. The minimum atomic E-state index is -0.378. The molecule has 1 aromatic rings. The molecule has 0 amide bonds. The average molecular weight is 256 g/mol. The van der Waals surface area contributed by atoms with Gasteiger partial charge in [-0.3, -0.25) is 4.79 Å². The van der Waals surface area contributed by atoms with Crippen LogP contribution in [0.3, 0.4) is 0 Å². The van der Waals surface area contributed by atoms with E-state index in [9.17, 15) is 4.79 Å². The summed E-state index contributed by atoms with van der Waals surface area (Å²) < 4.78 is 4.58. The van der Waals surface area contributed by atoms with Crippen LogP contribution in [0.2, 0.25) is 0 Å². The Hall–Kier alpha value is -1.18. The molecule has 3 nitrogen and oxygen atoms in total. The fourth-order valence-corrected chi connectivity index (χ4v) is 1.90. The Morgan fingerprint density at radius 3 is 2.81 bits per heavy atom. The van der Waals surface area contributed by atoms with Crippen LogP contribution in [-0.2, 0) is 21.8 Å². The van der Waals surface area contributed by atoms with E-state index in [0.717, 1.165) is 5.56 Å². The van der Waals surface area contributed by atoms with E-state index in [2.05, 4.69) is 17.4 Å². The maximum absolute atomic E-state index is 11.2. The fourth-order valence-electron chi connectivity index (χ4n) is 1.31. The molecule has 0 aromatic heterocycles. The Kier molecular flexibility index (Phi) is 4.66. The van der Waals surface area contributed by atoms with Crippen molar-refractivity contribution in [1.29, 1.82) is 5.26 Å². The summed E-state index contributed by atoms with van der Waals surface area (Å²) in [6.45, 7) is 0. The zero-order valence-electron chi connectivity index (χ0n) is 8.66. The van der Waals surface area contributed by atoms with Crippen molar-refractivity contribution in [3.8, 4) is 6.07 Å². The SMILES string of the molecule is COC(=O)Cc1c(CCl)ccc(C#N)c1S. The number of esters is 1. The van der Waals surface area contributed by atoms with Crippen LogP contribution >= 0.6 is 24.2 Å². The topological polar surface area (TPSA) is 50.1 Å². The van der Waals surface area contributed by atoms with Crippen LogP contribution in [-0.4, -0.2) is 13.1 Å². The number of nitriles is 1. The van der Waals surface area contributed by atoms with Gasteiger partial charge >= 0.3 is 5.97 Å². The smallest absolute Gasteiger partial charge is 0.310 e. The normalized spacial score (nSPS) is 9.62. The molecule has 1 aromatic carbocycles. The molecule has 0 saturated carbocycles. The van der Waals surface area contributed by atoms with Crippen LogP contribution < -0.4 is 0 Å². The summed E-state index contributed by atoms with van der Waals surface area (Å²) in [5.41, 5.74) is 1.87. The van der Waals surface area contributed by atoms with Gasteiger partial charge in [0.15, 0.2) is 0 Å². The van der Waals surface area contributed by atoms with Crippen molar-refractivity contribution in [3.05, 3.63) is 28.8 Å². The molecule has 0 bridgehead atoms. The number of halogens is 1. The molecule has 0 heterocycles. The Bertz CT molecular complexity index is 454. The molecule has 0 aliphatic heterocycles. The molecule has 0 aliphatic carbocycles. The second-order valence-electron chi connectivity index (χ2n) is 3.10. The predicted octanol–water partition coefficient (Wildman–Crippen LogP) is 2.30. The molecule has 16 heavy (non-hydrogen) atoms. The molecule has 0 spiro atoms. The van der Waals surface area contributed by atoms with Gasteiger partial charge in [0.2, 0.25) is 0 Å². The zero-order valence-corrected chi connectivity index (χ0v) is 10.3. The van der Waals surface area contributed by atoms with Crippen molar-refractivity contribution < 1.29 is 9.53 Å². The third-order valence-electron chi connectivity index (χ3n) is 2.19. The highest BCUT2D eigenvalue weighted by Crippen LogP contribution is 2.24. The third-order valence-corrected chi connectivity index (χ3v) is 2.99. The van der Waals surface area contributed by atoms with Crippen molar-refractivity contribution in [2.24, 2.45) is 0 Å². The number of thiol groups is 1. The van der Waals surface area contributed by atoms with E-state index in [-0.39, 0.29) is 18.3 Å². The van der Waals surface area contributed by atoms with E-state index in [1.807, 2.05) is 6.07 Å². The van der Waals surface area contributed by atoms with Crippen LogP contribution in [0.25, 0.3) is 0 Å². The van der Waals surface area contributed by atoms with Crippen molar-refractivity contribution in [1.82, 2.24) is 0 Å². The Morgan fingerprint density at radius 1 is 1.62 bits per heavy atom. The van der Waals surface area contributed by atoms with Crippen molar-refractivity contribution in [3.63, 3.8) is 0 Å². The first-order valence-electron chi connectivity index (χ1n) is 4.50. The van der Waals surface area contributed by atoms with E-state index < -0.39 is 0 Å². The van der Waals surface area contributed by atoms with Gasteiger partial charge in [-0.15, -0.1) is 24.2 Å². The third kappa shape index (κ3) is 2.69. The van der Waals surface area contributed by atoms with Crippen LogP contribution in [0.15, 0.2) is 17.0 Å². The summed E-state index contributed by atoms with van der Waals surface area (Å²) in [6.07, 6.45) is 0.0763. The number of benzene rings is 1. The highest BCUT2D eigenvalue weighted by Gasteiger charge is 2.13. The summed E-state index contributed by atoms with van der Waals surface area (Å²) in [5, 5.41) is 8.85. The van der Waals surface area contributed by atoms with Gasteiger partial charge in [-0.2, -0.15) is 5.26 Å². The molecule has 84 valence electrons. The van der Waals surface area contributed by atoms with Crippen LogP contribution in [0, 0.1) is 11.3 Å². The fraction of sp³-hybridized carbons (Fsp3) is 0.273. The van der Waals surface area contributed by atoms with Gasteiger partial charge in [-0.05, 0) is 17.2 Å². The average Bonchev–Trinajstić information content (AvgIpc) is 2.31. The standard InChI is InChI=1S/C11H10ClNO2S/c1-15-10(14)4-9-7(5-12)2-3-8(6-13)11(9)16/h2-3,16H,4-5H2,1H3. The van der Waals surface area contributed by atoms with Gasteiger partial charge in [0.05, 0.1) is 19.1 Å². The summed E-state index contributed by atoms with van der Waals surface area (Å²) in [4.78, 5) is 11.7. The molecule has 1 rings (SSSR count). The van der Waals surface area contributed by atoms with Crippen LogP contribution in [0.4, 0.5) is 0 Å². The highest BCUT2D eigenvalue weighted by atomic mass is 35.5. The summed E-state index contributed by atoms with van der Waals surface area (Å²) >= 11 is 10.00. The first-order valence-corrected chi connectivity index (χ1v) is 5.48. The molecular formula is C11H10ClNO2S. The van der Waals surface area contributed by atoms with E-state index in [1.165, 1.54) is 7.11 Å². The Labute approximate surface area is 104 Å². The monoisotopic (exact) mass is 255 g/mol. The summed E-state index contributed by atoms with van der Waals surface area (Å²) in [7, 11) is 1.31. The molecule has 0 N–H and O–H groups in total. The lowest BCUT2D eigenvalue weighted by atomic mass is 10.0. The Morgan fingerprint density at radius 2 is 2.31 bits per heavy atom. The van der Waals surface area contributed by atoms with Crippen molar-refractivity contribution in [2.45, 2.75) is 17.2 Å². The second kappa shape index (κ2) is 5.78. The van der Waals surface area contributed by atoms with E-state index in [0.29, 0.717) is 16.0 Å². The van der Waals surface area contributed by atoms with Gasteiger partial charge in [-0.25, -0.2) is 0 Å². The van der Waals surface area contributed by atoms with E-state index >= 15 is 0 Å². The van der Waals surface area contributed by atoms with Gasteiger partial charge in [0.1, 0.15) is 6.07 Å². The summed E-state index contributed by atoms with van der Waals surface area (Å²) in [5.74, 6) is -0.109. The number of alkyl halides is 1. The molecule has 5 heteroatoms. The molecule has 0 unspecified atom stereocenters. The summed E-state index contributed by atoms with van der Waals surface area (Å²) in [6, 6.07) is 5.37. The number of carbonyl (C=O) groups excluding carboxylic acids is 1. The molecule has 0 fully saturated rings. The molecular weight excluding hydrogens is 246 g/mol. The maximum Gasteiger partial charge on any atom is 0.310 e. The van der Waals surface area contributed by atoms with E-state index in [4.69, 9.17) is 16.9 Å². The first-order chi connectivity index (χ1) is 7.63. The second-order valence-corrected chi connectivity index (χ2v) is 3.81. The first kappa shape index (κ1) is 12.9. The lowest BCUT2D eigenvalue weighted by molar-refractivity contribution is -0.139. The minimum Gasteiger partial charge on any atom is -0.469 e. The lowest BCUT2D eigenvalue weighted by Crippen LogP contribution is -2.08. The Balaban J connectivity index is 3.22. The van der Waals surface area contributed by atoms with Crippen molar-refractivity contribution >= 4 is 30.2 Å². The molecule has 0 saturated heterocycles. The number of hydrogen-bond donors (Lipinski definition) is 1. The van der Waals surface area contributed by atoms with Crippen LogP contribution in [0.1, 0.15) is 16.7 Å². The molecule has 0 atom stereocenters. The van der Waals surface area contributed by atoms with Crippen LogP contribution in [0.5, 0.6) is 0 Å². The highest BCUT2D eigenvalue weighted by molar-refractivity contribution is 7.80. The quantitative estimate of drug-likeness (QED) is 0.512. The number of rotatable bonds is 3. The molecule has 0 aliphatic rings. The van der Waals surface area contributed by atoms with Gasteiger partial charge < -0.3 is 4.74 Å². The van der Waals surface area contributed by atoms with Gasteiger partial charge in [0.25, 0.3) is 0 Å². The van der Waals surface area contributed by atoms with Crippen molar-refractivity contribution in [2.75, 3.05) is 7.11 Å². The number of carbonyl (C=O) groups is 1. The zero-order chi connectivity index (χ0) is 12.1. The predicted molar refractivity (Wildman–Crippen MR) is 63.7 cm³/mol. The molecule has 0 radical (unpaired) electrons. The largest absolute Gasteiger partial charge is 0.469 e. The lowest BCUT2D eigenvalue weighted by Gasteiger charge is -2.10. The van der Waals surface area contributed by atoms with Gasteiger partial charge in [0, 0.05) is 10.8 Å².